The molecular formula is C10H21N3O2. The van der Waals surface area contributed by atoms with Crippen molar-refractivity contribution in [2.45, 2.75) is 39.2 Å². The van der Waals surface area contributed by atoms with Gasteiger partial charge in [-0.1, -0.05) is 13.8 Å². The minimum Gasteiger partial charge on any atom is -0.370 e. The summed E-state index contributed by atoms with van der Waals surface area (Å²) in [5.41, 5.74) is 10.6. The number of nitrogens with two attached hydrogens (primary N) is 2. The van der Waals surface area contributed by atoms with Gasteiger partial charge in [-0.2, -0.15) is 0 Å². The molecule has 15 heavy (non-hydrogen) atoms. The summed E-state index contributed by atoms with van der Waals surface area (Å²) < 4.78 is 0. The Kier molecular flexibility index (Phi) is 6.70. The third-order valence-corrected chi connectivity index (χ3v) is 1.96. The normalized spacial score (nSPS) is 12.5. The topological polar surface area (TPSA) is 98.2 Å². The molecule has 0 saturated carbocycles. The Morgan fingerprint density at radius 2 is 1.93 bits per heavy atom. The van der Waals surface area contributed by atoms with Crippen molar-refractivity contribution in [1.82, 2.24) is 5.32 Å². The summed E-state index contributed by atoms with van der Waals surface area (Å²) in [6, 6.07) is -0.460. The summed E-state index contributed by atoms with van der Waals surface area (Å²) in [6.45, 7) is 4.48. The van der Waals surface area contributed by atoms with Gasteiger partial charge in [0, 0.05) is 13.0 Å². The van der Waals surface area contributed by atoms with Gasteiger partial charge < -0.3 is 16.8 Å². The fraction of sp³-hybridized carbons (Fsp3) is 0.800. The maximum Gasteiger partial charge on any atom is 0.236 e. The summed E-state index contributed by atoms with van der Waals surface area (Å²) in [5.74, 6) is -0.111. The Hall–Kier alpha value is -1.10. The molecule has 0 fully saturated rings. The van der Waals surface area contributed by atoms with Gasteiger partial charge in [0.2, 0.25) is 11.8 Å². The lowest BCUT2D eigenvalue weighted by Gasteiger charge is -2.13. The number of rotatable bonds is 7. The van der Waals surface area contributed by atoms with E-state index in [4.69, 9.17) is 11.5 Å². The number of nitrogens with one attached hydrogen (secondary N) is 1. The lowest BCUT2D eigenvalue weighted by atomic mass is 10.0. The van der Waals surface area contributed by atoms with E-state index in [1.165, 1.54) is 0 Å². The van der Waals surface area contributed by atoms with Crippen molar-refractivity contribution >= 4 is 11.8 Å². The van der Waals surface area contributed by atoms with E-state index in [0.717, 1.165) is 0 Å². The van der Waals surface area contributed by atoms with Gasteiger partial charge in [0.05, 0.1) is 6.04 Å². The van der Waals surface area contributed by atoms with Gasteiger partial charge in [-0.15, -0.1) is 0 Å². The van der Waals surface area contributed by atoms with Crippen LogP contribution < -0.4 is 16.8 Å². The highest BCUT2D eigenvalue weighted by molar-refractivity contribution is 5.81. The second-order valence-corrected chi connectivity index (χ2v) is 4.10. The van der Waals surface area contributed by atoms with E-state index in [9.17, 15) is 9.59 Å². The molecule has 0 aromatic carbocycles. The Labute approximate surface area is 90.6 Å². The van der Waals surface area contributed by atoms with Gasteiger partial charge in [-0.05, 0) is 18.8 Å². The number of hydrogen-bond acceptors (Lipinski definition) is 3. The van der Waals surface area contributed by atoms with Crippen molar-refractivity contribution in [2.24, 2.45) is 17.4 Å². The number of hydrogen-bond donors (Lipinski definition) is 3. The van der Waals surface area contributed by atoms with Crippen LogP contribution in [-0.4, -0.2) is 24.4 Å². The average molecular weight is 215 g/mol. The molecule has 2 amide bonds. The largest absolute Gasteiger partial charge is 0.370 e. The van der Waals surface area contributed by atoms with Crippen molar-refractivity contribution in [3.63, 3.8) is 0 Å². The van der Waals surface area contributed by atoms with Crippen LogP contribution in [0, 0.1) is 5.92 Å². The molecule has 0 aromatic rings. The highest BCUT2D eigenvalue weighted by Gasteiger charge is 2.13. The number of amides is 2. The summed E-state index contributed by atoms with van der Waals surface area (Å²) in [6.07, 6.45) is 1.52. The molecule has 0 heterocycles. The van der Waals surface area contributed by atoms with Crippen LogP contribution in [0.25, 0.3) is 0 Å². The van der Waals surface area contributed by atoms with E-state index in [0.29, 0.717) is 31.7 Å². The predicted octanol–water partition coefficient (Wildman–Crippen LogP) is -0.258. The van der Waals surface area contributed by atoms with E-state index < -0.39 is 6.04 Å². The highest BCUT2D eigenvalue weighted by Crippen LogP contribution is 2.02. The first-order chi connectivity index (χ1) is 6.93. The molecule has 0 saturated heterocycles. The molecule has 5 nitrogen and oxygen atoms in total. The molecule has 0 bridgehead atoms. The molecule has 0 aromatic heterocycles. The standard InChI is InChI=1S/C10H21N3O2/c1-7(2)6-8(11)10(15)13-5-3-4-9(12)14/h7-8H,3-6,11H2,1-2H3,(H2,12,14)(H,13,15)/t8-/m0/s1. The number of primary amides is 1. The van der Waals surface area contributed by atoms with Crippen LogP contribution in [0.1, 0.15) is 33.1 Å². The molecule has 0 unspecified atom stereocenters. The maximum absolute atomic E-state index is 11.4. The van der Waals surface area contributed by atoms with Gasteiger partial charge in [-0.3, -0.25) is 9.59 Å². The van der Waals surface area contributed by atoms with E-state index >= 15 is 0 Å². The molecular weight excluding hydrogens is 194 g/mol. The molecule has 0 radical (unpaired) electrons. The van der Waals surface area contributed by atoms with Crippen molar-refractivity contribution in [2.75, 3.05) is 6.54 Å². The predicted molar refractivity (Wildman–Crippen MR) is 58.9 cm³/mol. The molecule has 1 atom stereocenters. The van der Waals surface area contributed by atoms with Crippen LogP contribution in [0.2, 0.25) is 0 Å². The molecule has 88 valence electrons. The first kappa shape index (κ1) is 13.9. The Morgan fingerprint density at radius 3 is 2.40 bits per heavy atom. The summed E-state index contributed by atoms with van der Waals surface area (Å²) in [5, 5.41) is 2.67. The van der Waals surface area contributed by atoms with Crippen LogP contribution in [-0.2, 0) is 9.59 Å². The summed E-state index contributed by atoms with van der Waals surface area (Å²) in [7, 11) is 0. The van der Waals surface area contributed by atoms with Gasteiger partial charge in [0.25, 0.3) is 0 Å². The second-order valence-electron chi connectivity index (χ2n) is 4.10. The molecule has 5 heteroatoms. The molecule has 0 rings (SSSR count). The second kappa shape index (κ2) is 7.23. The van der Waals surface area contributed by atoms with Crippen LogP contribution >= 0.6 is 0 Å². The van der Waals surface area contributed by atoms with Crippen LogP contribution in [0.4, 0.5) is 0 Å². The summed E-state index contributed by atoms with van der Waals surface area (Å²) >= 11 is 0. The molecule has 0 aliphatic heterocycles. The first-order valence-corrected chi connectivity index (χ1v) is 5.25. The highest BCUT2D eigenvalue weighted by atomic mass is 16.2. The zero-order chi connectivity index (χ0) is 11.8. The molecule has 0 aliphatic carbocycles. The summed E-state index contributed by atoms with van der Waals surface area (Å²) in [4.78, 5) is 21.8. The fourth-order valence-corrected chi connectivity index (χ4v) is 1.22. The third-order valence-electron chi connectivity index (χ3n) is 1.96. The molecule has 5 N–H and O–H groups in total. The van der Waals surface area contributed by atoms with Crippen LogP contribution in [0.15, 0.2) is 0 Å². The van der Waals surface area contributed by atoms with Crippen molar-refractivity contribution in [1.29, 1.82) is 0 Å². The van der Waals surface area contributed by atoms with Crippen molar-refractivity contribution in [3.8, 4) is 0 Å². The van der Waals surface area contributed by atoms with Crippen LogP contribution in [0.3, 0.4) is 0 Å². The minimum absolute atomic E-state index is 0.159. The lowest BCUT2D eigenvalue weighted by molar-refractivity contribution is -0.123. The monoisotopic (exact) mass is 215 g/mol. The number of carbonyl (C=O) groups excluding carboxylic acids is 2. The van der Waals surface area contributed by atoms with E-state index in [1.54, 1.807) is 0 Å². The Bertz CT molecular complexity index is 217. The van der Waals surface area contributed by atoms with E-state index in [2.05, 4.69) is 5.32 Å². The zero-order valence-electron chi connectivity index (χ0n) is 9.45. The lowest BCUT2D eigenvalue weighted by Crippen LogP contribution is -2.41. The van der Waals surface area contributed by atoms with E-state index in [-0.39, 0.29) is 11.8 Å². The van der Waals surface area contributed by atoms with Crippen LogP contribution in [0.5, 0.6) is 0 Å². The smallest absolute Gasteiger partial charge is 0.236 e. The van der Waals surface area contributed by atoms with E-state index in [1.807, 2.05) is 13.8 Å². The Morgan fingerprint density at radius 1 is 1.33 bits per heavy atom. The SMILES string of the molecule is CC(C)C[C@H](N)C(=O)NCCCC(N)=O. The zero-order valence-corrected chi connectivity index (χ0v) is 9.45. The van der Waals surface area contributed by atoms with Crippen molar-refractivity contribution < 1.29 is 9.59 Å². The minimum atomic E-state index is -0.460. The fourth-order valence-electron chi connectivity index (χ4n) is 1.22. The third kappa shape index (κ3) is 7.93. The maximum atomic E-state index is 11.4. The van der Waals surface area contributed by atoms with Gasteiger partial charge in [-0.25, -0.2) is 0 Å². The first-order valence-electron chi connectivity index (χ1n) is 5.25. The molecule has 0 aliphatic rings. The van der Waals surface area contributed by atoms with Gasteiger partial charge in [0.15, 0.2) is 0 Å². The Balaban J connectivity index is 3.60. The number of carbonyl (C=O) groups is 2. The molecule has 0 spiro atoms. The van der Waals surface area contributed by atoms with Gasteiger partial charge in [0.1, 0.15) is 0 Å². The quantitative estimate of drug-likeness (QED) is 0.510. The van der Waals surface area contributed by atoms with Crippen molar-refractivity contribution in [3.05, 3.63) is 0 Å². The average Bonchev–Trinajstić information content (AvgIpc) is 2.10. The van der Waals surface area contributed by atoms with Gasteiger partial charge >= 0.3 is 0 Å².